The molecule has 1 saturated carbocycles. The number of methoxy groups -OCH3 is 1. The standard InChI is InChI=1S/C21H28F2O2/c1-3-4-14-5-11-18(25-13-14)16-8-6-15(7-9-16)17-10-12-19(24-2)21(23)20(17)22/h3-4,10,12,14-16,18H,5-9,11,13H2,1-2H3. The van der Waals surface area contributed by atoms with Gasteiger partial charge in [0.15, 0.2) is 11.6 Å². The van der Waals surface area contributed by atoms with E-state index in [2.05, 4.69) is 19.1 Å². The molecule has 0 aromatic heterocycles. The van der Waals surface area contributed by atoms with Crippen molar-refractivity contribution < 1.29 is 18.3 Å². The maximum atomic E-state index is 14.3. The fourth-order valence-corrected chi connectivity index (χ4v) is 4.41. The largest absolute Gasteiger partial charge is 0.494 e. The van der Waals surface area contributed by atoms with Crippen molar-refractivity contribution in [3.63, 3.8) is 0 Å². The Morgan fingerprint density at radius 1 is 1.04 bits per heavy atom. The third-order valence-corrected chi connectivity index (χ3v) is 5.85. The van der Waals surface area contributed by atoms with Gasteiger partial charge in [0.1, 0.15) is 0 Å². The van der Waals surface area contributed by atoms with Gasteiger partial charge < -0.3 is 9.47 Å². The summed E-state index contributed by atoms with van der Waals surface area (Å²) in [6.45, 7) is 2.86. The van der Waals surface area contributed by atoms with Gasteiger partial charge in [0.2, 0.25) is 5.82 Å². The number of hydrogen-bond donors (Lipinski definition) is 0. The molecule has 1 aliphatic heterocycles. The van der Waals surface area contributed by atoms with Gasteiger partial charge in [-0.1, -0.05) is 18.2 Å². The summed E-state index contributed by atoms with van der Waals surface area (Å²) in [5.74, 6) is -0.446. The van der Waals surface area contributed by atoms with E-state index in [1.165, 1.54) is 19.6 Å². The molecule has 0 radical (unpaired) electrons. The molecule has 2 nitrogen and oxygen atoms in total. The van der Waals surface area contributed by atoms with E-state index in [0.29, 0.717) is 23.5 Å². The van der Waals surface area contributed by atoms with Gasteiger partial charge in [-0.2, -0.15) is 4.39 Å². The Labute approximate surface area is 149 Å². The highest BCUT2D eigenvalue weighted by atomic mass is 19.2. The molecule has 0 N–H and O–H groups in total. The van der Waals surface area contributed by atoms with Crippen molar-refractivity contribution in [2.24, 2.45) is 11.8 Å². The van der Waals surface area contributed by atoms with Crippen LogP contribution in [0.1, 0.15) is 56.9 Å². The summed E-state index contributed by atoms with van der Waals surface area (Å²) in [5, 5.41) is 0. The van der Waals surface area contributed by atoms with E-state index in [0.717, 1.165) is 38.7 Å². The van der Waals surface area contributed by atoms with Crippen molar-refractivity contribution in [3.05, 3.63) is 41.5 Å². The van der Waals surface area contributed by atoms with Crippen LogP contribution in [0.25, 0.3) is 0 Å². The zero-order valence-electron chi connectivity index (χ0n) is 15.1. The first-order valence-electron chi connectivity index (χ1n) is 9.40. The lowest BCUT2D eigenvalue weighted by molar-refractivity contribution is -0.0471. The maximum absolute atomic E-state index is 14.3. The van der Waals surface area contributed by atoms with E-state index in [4.69, 9.17) is 9.47 Å². The van der Waals surface area contributed by atoms with Crippen molar-refractivity contribution in [1.29, 1.82) is 0 Å². The van der Waals surface area contributed by atoms with Gasteiger partial charge in [0.05, 0.1) is 19.8 Å². The molecule has 1 aromatic carbocycles. The summed E-state index contributed by atoms with van der Waals surface area (Å²) >= 11 is 0. The predicted octanol–water partition coefficient (Wildman–Crippen LogP) is 5.62. The van der Waals surface area contributed by atoms with Crippen LogP contribution in [0, 0.1) is 23.5 Å². The number of benzene rings is 1. The lowest BCUT2D eigenvalue weighted by Gasteiger charge is -2.37. The number of rotatable bonds is 4. The first kappa shape index (κ1) is 18.4. The molecule has 1 saturated heterocycles. The van der Waals surface area contributed by atoms with Crippen LogP contribution in [0.4, 0.5) is 8.78 Å². The molecule has 25 heavy (non-hydrogen) atoms. The molecule has 0 spiro atoms. The Morgan fingerprint density at radius 2 is 1.80 bits per heavy atom. The first-order valence-corrected chi connectivity index (χ1v) is 9.40. The van der Waals surface area contributed by atoms with Gasteiger partial charge in [-0.05, 0) is 68.9 Å². The van der Waals surface area contributed by atoms with E-state index >= 15 is 0 Å². The zero-order valence-corrected chi connectivity index (χ0v) is 15.1. The quantitative estimate of drug-likeness (QED) is 0.656. The average Bonchev–Trinajstić information content (AvgIpc) is 2.65. The molecule has 1 aromatic rings. The average molecular weight is 350 g/mol. The van der Waals surface area contributed by atoms with Gasteiger partial charge in [-0.25, -0.2) is 4.39 Å². The van der Waals surface area contributed by atoms with Crippen LogP contribution in [0.2, 0.25) is 0 Å². The summed E-state index contributed by atoms with van der Waals surface area (Å²) in [5.41, 5.74) is 0.495. The topological polar surface area (TPSA) is 18.5 Å². The highest BCUT2D eigenvalue weighted by Gasteiger charge is 2.32. The molecule has 1 aliphatic carbocycles. The lowest BCUT2D eigenvalue weighted by atomic mass is 9.75. The van der Waals surface area contributed by atoms with E-state index in [1.807, 2.05) is 0 Å². The van der Waals surface area contributed by atoms with Crippen molar-refractivity contribution >= 4 is 0 Å². The molecule has 138 valence electrons. The maximum Gasteiger partial charge on any atom is 0.200 e. The fourth-order valence-electron chi connectivity index (χ4n) is 4.41. The molecular formula is C21H28F2O2. The second kappa shape index (κ2) is 8.31. The normalized spacial score (nSPS) is 30.6. The highest BCUT2D eigenvalue weighted by molar-refractivity contribution is 5.33. The number of halogens is 2. The van der Waals surface area contributed by atoms with Crippen LogP contribution in [-0.2, 0) is 4.74 Å². The smallest absolute Gasteiger partial charge is 0.200 e. The summed E-state index contributed by atoms with van der Waals surface area (Å²) < 4.78 is 39.2. The van der Waals surface area contributed by atoms with Crippen LogP contribution >= 0.6 is 0 Å². The molecule has 2 unspecified atom stereocenters. The summed E-state index contributed by atoms with van der Waals surface area (Å²) in [7, 11) is 1.35. The number of allylic oxidation sites excluding steroid dienone is 1. The lowest BCUT2D eigenvalue weighted by Crippen LogP contribution is -2.33. The van der Waals surface area contributed by atoms with Crippen molar-refractivity contribution in [1.82, 2.24) is 0 Å². The Hall–Kier alpha value is -1.42. The molecule has 1 heterocycles. The van der Waals surface area contributed by atoms with Gasteiger partial charge in [0, 0.05) is 5.92 Å². The van der Waals surface area contributed by atoms with Gasteiger partial charge >= 0.3 is 0 Å². The predicted molar refractivity (Wildman–Crippen MR) is 94.9 cm³/mol. The minimum atomic E-state index is -0.868. The monoisotopic (exact) mass is 350 g/mol. The van der Waals surface area contributed by atoms with Gasteiger partial charge in [-0.15, -0.1) is 0 Å². The van der Waals surface area contributed by atoms with Crippen LogP contribution in [0.5, 0.6) is 5.75 Å². The Balaban J connectivity index is 1.57. The van der Waals surface area contributed by atoms with Crippen LogP contribution < -0.4 is 4.74 Å². The molecular weight excluding hydrogens is 322 g/mol. The minimum absolute atomic E-state index is 0.0266. The van der Waals surface area contributed by atoms with E-state index in [9.17, 15) is 8.78 Å². The molecule has 2 fully saturated rings. The summed E-state index contributed by atoms with van der Waals surface area (Å²) in [4.78, 5) is 0. The van der Waals surface area contributed by atoms with Crippen LogP contribution in [-0.4, -0.2) is 19.8 Å². The summed E-state index contributed by atoms with van der Waals surface area (Å²) in [6, 6.07) is 3.21. The molecule has 0 bridgehead atoms. The minimum Gasteiger partial charge on any atom is -0.494 e. The fraction of sp³-hybridized carbons (Fsp3) is 0.619. The summed E-state index contributed by atoms with van der Waals surface area (Å²) in [6.07, 6.45) is 10.8. The van der Waals surface area contributed by atoms with Crippen LogP contribution in [0.3, 0.4) is 0 Å². The highest BCUT2D eigenvalue weighted by Crippen LogP contribution is 2.41. The molecule has 0 amide bonds. The Bertz CT molecular complexity index is 598. The van der Waals surface area contributed by atoms with Crippen molar-refractivity contribution in [2.45, 2.75) is 57.5 Å². The molecule has 2 atom stereocenters. The molecule has 2 aliphatic rings. The third-order valence-electron chi connectivity index (χ3n) is 5.85. The SMILES string of the molecule is CC=CC1CCC(C2CCC(c3ccc(OC)c(F)c3F)CC2)OC1. The van der Waals surface area contributed by atoms with Crippen LogP contribution in [0.15, 0.2) is 24.3 Å². The number of hydrogen-bond acceptors (Lipinski definition) is 2. The van der Waals surface area contributed by atoms with Gasteiger partial charge in [0.25, 0.3) is 0 Å². The first-order chi connectivity index (χ1) is 12.1. The van der Waals surface area contributed by atoms with Gasteiger partial charge in [-0.3, -0.25) is 0 Å². The second-order valence-corrected chi connectivity index (χ2v) is 7.33. The van der Waals surface area contributed by atoms with E-state index < -0.39 is 11.6 Å². The van der Waals surface area contributed by atoms with E-state index in [1.54, 1.807) is 6.07 Å². The third kappa shape index (κ3) is 4.05. The molecule has 3 rings (SSSR count). The Morgan fingerprint density at radius 3 is 2.40 bits per heavy atom. The van der Waals surface area contributed by atoms with Crippen molar-refractivity contribution in [2.75, 3.05) is 13.7 Å². The zero-order chi connectivity index (χ0) is 17.8. The van der Waals surface area contributed by atoms with E-state index in [-0.39, 0.29) is 11.7 Å². The Kier molecular flexibility index (Phi) is 6.10. The second-order valence-electron chi connectivity index (χ2n) is 7.33. The van der Waals surface area contributed by atoms with Crippen molar-refractivity contribution in [3.8, 4) is 5.75 Å². The molecule has 4 heteroatoms. The number of ether oxygens (including phenoxy) is 2.